The van der Waals surface area contributed by atoms with Crippen LogP contribution in [-0.2, 0) is 16.0 Å². The van der Waals surface area contributed by atoms with Crippen molar-refractivity contribution in [1.82, 2.24) is 5.32 Å². The van der Waals surface area contributed by atoms with Gasteiger partial charge in [-0.15, -0.1) is 11.6 Å². The SMILES string of the molecule is CC1Cc2ccccc2N1C(=O)C(=O)NCCCl. The zero-order valence-electron chi connectivity index (χ0n) is 10.1. The molecule has 2 rings (SSSR count). The second kappa shape index (κ2) is 5.40. The van der Waals surface area contributed by atoms with Crippen LogP contribution in [0.3, 0.4) is 0 Å². The smallest absolute Gasteiger partial charge is 0.316 e. The fourth-order valence-electron chi connectivity index (χ4n) is 2.22. The van der Waals surface area contributed by atoms with Gasteiger partial charge in [0.1, 0.15) is 0 Å². The summed E-state index contributed by atoms with van der Waals surface area (Å²) in [6.07, 6.45) is 0.782. The molecule has 96 valence electrons. The van der Waals surface area contributed by atoms with Crippen molar-refractivity contribution < 1.29 is 9.59 Å². The van der Waals surface area contributed by atoms with E-state index in [1.54, 1.807) is 4.90 Å². The first-order chi connectivity index (χ1) is 8.65. The summed E-state index contributed by atoms with van der Waals surface area (Å²) in [5.74, 6) is -0.817. The van der Waals surface area contributed by atoms with Crippen molar-refractivity contribution in [1.29, 1.82) is 0 Å². The van der Waals surface area contributed by atoms with Gasteiger partial charge >= 0.3 is 11.8 Å². The van der Waals surface area contributed by atoms with Gasteiger partial charge in [0.05, 0.1) is 0 Å². The summed E-state index contributed by atoms with van der Waals surface area (Å²) < 4.78 is 0. The molecule has 1 aliphatic heterocycles. The van der Waals surface area contributed by atoms with Gasteiger partial charge in [0, 0.05) is 24.2 Å². The van der Waals surface area contributed by atoms with Gasteiger partial charge in [-0.3, -0.25) is 9.59 Å². The summed E-state index contributed by atoms with van der Waals surface area (Å²) in [5, 5.41) is 2.50. The normalized spacial score (nSPS) is 17.4. The number of hydrogen-bond acceptors (Lipinski definition) is 2. The first-order valence-corrected chi connectivity index (χ1v) is 6.44. The molecule has 0 spiro atoms. The quantitative estimate of drug-likeness (QED) is 0.648. The van der Waals surface area contributed by atoms with Crippen molar-refractivity contribution >= 4 is 29.1 Å². The number of halogens is 1. The van der Waals surface area contributed by atoms with E-state index >= 15 is 0 Å². The number of rotatable bonds is 2. The lowest BCUT2D eigenvalue weighted by Gasteiger charge is -2.21. The third-order valence-corrected chi connectivity index (χ3v) is 3.19. The van der Waals surface area contributed by atoms with E-state index in [9.17, 15) is 9.59 Å². The summed E-state index contributed by atoms with van der Waals surface area (Å²) in [7, 11) is 0. The molecule has 1 aliphatic rings. The molecule has 1 aromatic carbocycles. The first kappa shape index (κ1) is 12.9. The molecule has 5 heteroatoms. The molecule has 18 heavy (non-hydrogen) atoms. The minimum absolute atomic E-state index is 0.0108. The molecule has 0 aliphatic carbocycles. The zero-order valence-corrected chi connectivity index (χ0v) is 10.9. The van der Waals surface area contributed by atoms with Crippen LogP contribution in [0.15, 0.2) is 24.3 Å². The van der Waals surface area contributed by atoms with Crippen molar-refractivity contribution in [2.75, 3.05) is 17.3 Å². The van der Waals surface area contributed by atoms with Crippen LogP contribution in [0.2, 0.25) is 0 Å². The van der Waals surface area contributed by atoms with Crippen LogP contribution in [-0.4, -0.2) is 30.3 Å². The number of fused-ring (bicyclic) bond motifs is 1. The molecule has 1 unspecified atom stereocenters. The number of hydrogen-bond donors (Lipinski definition) is 1. The zero-order chi connectivity index (χ0) is 13.1. The number of carbonyl (C=O) groups is 2. The summed E-state index contributed by atoms with van der Waals surface area (Å²) in [4.78, 5) is 25.3. The lowest BCUT2D eigenvalue weighted by atomic mass is 10.1. The van der Waals surface area contributed by atoms with Gasteiger partial charge in [-0.25, -0.2) is 0 Å². The molecular formula is C13H15ClN2O2. The third kappa shape index (κ3) is 2.34. The maximum Gasteiger partial charge on any atom is 0.316 e. The van der Waals surface area contributed by atoms with Crippen LogP contribution in [0.25, 0.3) is 0 Å². The van der Waals surface area contributed by atoms with Crippen molar-refractivity contribution in [3.8, 4) is 0 Å². The second-order valence-electron chi connectivity index (χ2n) is 4.30. The molecule has 0 radical (unpaired) electrons. The van der Waals surface area contributed by atoms with Gasteiger partial charge in [0.2, 0.25) is 0 Å². The predicted molar refractivity (Wildman–Crippen MR) is 70.8 cm³/mol. The summed E-state index contributed by atoms with van der Waals surface area (Å²) >= 11 is 5.48. The fourth-order valence-corrected chi connectivity index (χ4v) is 2.32. The van der Waals surface area contributed by atoms with Gasteiger partial charge < -0.3 is 10.2 Å². The second-order valence-corrected chi connectivity index (χ2v) is 4.68. The van der Waals surface area contributed by atoms with Crippen molar-refractivity contribution in [2.24, 2.45) is 0 Å². The van der Waals surface area contributed by atoms with Gasteiger partial charge in [-0.05, 0) is 25.0 Å². The fraction of sp³-hybridized carbons (Fsp3) is 0.385. The van der Waals surface area contributed by atoms with Crippen LogP contribution >= 0.6 is 11.6 Å². The number of amides is 2. The van der Waals surface area contributed by atoms with E-state index in [4.69, 9.17) is 11.6 Å². The monoisotopic (exact) mass is 266 g/mol. The summed E-state index contributed by atoms with van der Waals surface area (Å²) in [5.41, 5.74) is 1.93. The molecule has 1 N–H and O–H groups in total. The Kier molecular flexibility index (Phi) is 3.87. The standard InChI is InChI=1S/C13H15ClN2O2/c1-9-8-10-4-2-3-5-11(10)16(9)13(18)12(17)15-7-6-14/h2-5,9H,6-8H2,1H3,(H,15,17). The van der Waals surface area contributed by atoms with Crippen molar-refractivity contribution in [3.05, 3.63) is 29.8 Å². The Balaban J connectivity index is 2.18. The molecule has 0 fully saturated rings. The van der Waals surface area contributed by atoms with E-state index in [0.717, 1.165) is 17.7 Å². The lowest BCUT2D eigenvalue weighted by molar-refractivity contribution is -0.137. The molecule has 4 nitrogen and oxygen atoms in total. The van der Waals surface area contributed by atoms with E-state index in [1.165, 1.54) is 0 Å². The van der Waals surface area contributed by atoms with Crippen LogP contribution in [0.5, 0.6) is 0 Å². The van der Waals surface area contributed by atoms with E-state index in [1.807, 2.05) is 31.2 Å². The average molecular weight is 267 g/mol. The number of para-hydroxylation sites is 1. The van der Waals surface area contributed by atoms with Gasteiger partial charge in [0.15, 0.2) is 0 Å². The van der Waals surface area contributed by atoms with Crippen LogP contribution in [0.4, 0.5) is 5.69 Å². The maximum atomic E-state index is 12.1. The molecule has 1 aromatic rings. The van der Waals surface area contributed by atoms with Crippen LogP contribution in [0.1, 0.15) is 12.5 Å². The third-order valence-electron chi connectivity index (χ3n) is 3.00. The Morgan fingerprint density at radius 3 is 2.89 bits per heavy atom. The lowest BCUT2D eigenvalue weighted by Crippen LogP contribution is -2.46. The first-order valence-electron chi connectivity index (χ1n) is 5.90. The molecule has 0 aromatic heterocycles. The Labute approximate surface area is 111 Å². The summed E-state index contributed by atoms with van der Waals surface area (Å²) in [6, 6.07) is 7.67. The van der Waals surface area contributed by atoms with Crippen LogP contribution < -0.4 is 10.2 Å². The molecule has 1 heterocycles. The predicted octanol–water partition coefficient (Wildman–Crippen LogP) is 1.32. The summed E-state index contributed by atoms with van der Waals surface area (Å²) in [6.45, 7) is 2.24. The molecule has 0 saturated heterocycles. The largest absolute Gasteiger partial charge is 0.347 e. The van der Waals surface area contributed by atoms with Crippen molar-refractivity contribution in [2.45, 2.75) is 19.4 Å². The highest BCUT2D eigenvalue weighted by atomic mass is 35.5. The van der Waals surface area contributed by atoms with Gasteiger partial charge in [0.25, 0.3) is 0 Å². The number of alkyl halides is 1. The van der Waals surface area contributed by atoms with Gasteiger partial charge in [-0.1, -0.05) is 18.2 Å². The van der Waals surface area contributed by atoms with E-state index < -0.39 is 11.8 Å². The highest BCUT2D eigenvalue weighted by molar-refractivity contribution is 6.40. The van der Waals surface area contributed by atoms with E-state index in [-0.39, 0.29) is 6.04 Å². The van der Waals surface area contributed by atoms with Crippen LogP contribution in [0, 0.1) is 0 Å². The maximum absolute atomic E-state index is 12.1. The number of nitrogens with zero attached hydrogens (tertiary/aromatic N) is 1. The minimum Gasteiger partial charge on any atom is -0.347 e. The molecule has 0 saturated carbocycles. The molecule has 1 atom stereocenters. The Bertz CT molecular complexity index is 476. The van der Waals surface area contributed by atoms with E-state index in [2.05, 4.69) is 5.32 Å². The Morgan fingerprint density at radius 2 is 2.17 bits per heavy atom. The molecule has 0 bridgehead atoms. The van der Waals surface area contributed by atoms with Crippen molar-refractivity contribution in [3.63, 3.8) is 0 Å². The van der Waals surface area contributed by atoms with E-state index in [0.29, 0.717) is 12.4 Å². The molecular weight excluding hydrogens is 252 g/mol. The highest BCUT2D eigenvalue weighted by Crippen LogP contribution is 2.31. The van der Waals surface area contributed by atoms with Gasteiger partial charge in [-0.2, -0.15) is 0 Å². The Hall–Kier alpha value is -1.55. The highest BCUT2D eigenvalue weighted by Gasteiger charge is 2.33. The minimum atomic E-state index is -0.598. The topological polar surface area (TPSA) is 49.4 Å². The number of anilines is 1. The molecule has 2 amide bonds. The Morgan fingerprint density at radius 1 is 1.44 bits per heavy atom. The average Bonchev–Trinajstić information content (AvgIpc) is 2.70. The number of carbonyl (C=O) groups excluding carboxylic acids is 2. The number of benzene rings is 1. The number of nitrogens with one attached hydrogen (secondary N) is 1.